The van der Waals surface area contributed by atoms with Crippen molar-refractivity contribution in [3.05, 3.63) is 46.0 Å². The highest BCUT2D eigenvalue weighted by Crippen LogP contribution is 2.76. The van der Waals surface area contributed by atoms with Gasteiger partial charge in [-0.2, -0.15) is 0 Å². The predicted molar refractivity (Wildman–Crippen MR) is 225 cm³/mol. The fourth-order valence-electron chi connectivity index (χ4n) is 14.4. The Morgan fingerprint density at radius 1 is 0.862 bits per heavy atom. The first-order valence-electron chi connectivity index (χ1n) is 22.1. The highest BCUT2D eigenvalue weighted by atomic mass is 35.5. The molecule has 318 valence electrons. The lowest BCUT2D eigenvalue weighted by atomic mass is 9.33. The van der Waals surface area contributed by atoms with E-state index in [0.717, 1.165) is 50.5 Å². The van der Waals surface area contributed by atoms with Gasteiger partial charge < -0.3 is 14.8 Å². The smallest absolute Gasteiger partial charge is 0.310 e. The molecule has 1 amide bonds. The Morgan fingerprint density at radius 2 is 1.53 bits per heavy atom. The second kappa shape index (κ2) is 14.3. The maximum atomic E-state index is 14.4. The van der Waals surface area contributed by atoms with Crippen molar-refractivity contribution >= 4 is 41.5 Å². The van der Waals surface area contributed by atoms with Crippen molar-refractivity contribution in [3.63, 3.8) is 0 Å². The number of halogens is 1. The third kappa shape index (κ3) is 6.37. The standard InChI is InChI=1S/C49H68ClNO7/c1-28(2)39-34(54)26-49(51-42(56)43(3,4)25-33(53)29-12-14-30(50)15-13-29)23-22-47(10)31(40(39)49)16-17-36-46(9)20-19-37(45(7,8)35(46)18-21-48(36,47)11)58-41(55)32-24-38(57-27-52)44(32,5)6/h12-15,27-28,31-32,35-38H,16-26H2,1-11H3,(H,51,56)/t31-,32-,35+,36-,37+,38-,46+,47-,48-,49-/m1/s1. The predicted octanol–water partition coefficient (Wildman–Crippen LogP) is 10.3. The third-order valence-electron chi connectivity index (χ3n) is 18.0. The number of hydrogen-bond acceptors (Lipinski definition) is 7. The van der Waals surface area contributed by atoms with Crippen molar-refractivity contribution in [1.82, 2.24) is 5.32 Å². The topological polar surface area (TPSA) is 116 Å². The quantitative estimate of drug-likeness (QED) is 0.142. The van der Waals surface area contributed by atoms with Crippen molar-refractivity contribution < 1.29 is 33.4 Å². The number of carbonyl (C=O) groups excluding carboxylic acids is 5. The van der Waals surface area contributed by atoms with Crippen LogP contribution in [-0.2, 0) is 28.7 Å². The van der Waals surface area contributed by atoms with Crippen molar-refractivity contribution in [2.75, 3.05) is 0 Å². The van der Waals surface area contributed by atoms with Gasteiger partial charge in [-0.15, -0.1) is 0 Å². The molecule has 0 aromatic heterocycles. The molecule has 10 atom stereocenters. The molecule has 8 nitrogen and oxygen atoms in total. The zero-order valence-corrected chi connectivity index (χ0v) is 37.7. The number of fused-ring (bicyclic) bond motifs is 7. The van der Waals surface area contributed by atoms with E-state index in [1.807, 2.05) is 27.7 Å². The SMILES string of the molecule is CC(C)C1=C2[C@H]3CC[C@@H]4[C@@]5(C)CC[C@H](OC(=O)[C@H]6C[C@@H](OC=O)C6(C)C)C(C)(C)[C@@H]5CC[C@@]4(C)[C@]3(C)CC[C@@]2(NC(=O)C(C)(C)CC(=O)c2ccc(Cl)cc2)CC1=O. The summed E-state index contributed by atoms with van der Waals surface area (Å²) >= 11 is 6.08. The number of hydrogen-bond donors (Lipinski definition) is 1. The zero-order valence-electron chi connectivity index (χ0n) is 36.9. The maximum Gasteiger partial charge on any atom is 0.310 e. The van der Waals surface area contributed by atoms with Gasteiger partial charge in [0.1, 0.15) is 12.2 Å². The lowest BCUT2D eigenvalue weighted by molar-refractivity contribution is -0.236. The van der Waals surface area contributed by atoms with Crippen LogP contribution in [0.2, 0.25) is 5.02 Å². The number of nitrogens with one attached hydrogen (secondary N) is 1. The van der Waals surface area contributed by atoms with E-state index in [4.69, 9.17) is 21.1 Å². The summed E-state index contributed by atoms with van der Waals surface area (Å²) < 4.78 is 11.7. The van der Waals surface area contributed by atoms with Gasteiger partial charge >= 0.3 is 5.97 Å². The molecular weight excluding hydrogens is 750 g/mol. The van der Waals surface area contributed by atoms with Gasteiger partial charge in [-0.25, -0.2) is 0 Å². The number of amides is 1. The van der Waals surface area contributed by atoms with E-state index < -0.39 is 16.4 Å². The molecule has 9 heteroatoms. The van der Waals surface area contributed by atoms with Crippen molar-refractivity contribution in [1.29, 1.82) is 0 Å². The van der Waals surface area contributed by atoms with Crippen LogP contribution in [0, 0.1) is 62.1 Å². The minimum Gasteiger partial charge on any atom is -0.464 e. The van der Waals surface area contributed by atoms with Crippen LogP contribution in [0.4, 0.5) is 0 Å². The number of ether oxygens (including phenoxy) is 2. The molecule has 6 aliphatic rings. The zero-order chi connectivity index (χ0) is 42.6. The van der Waals surface area contributed by atoms with Crippen LogP contribution in [0.1, 0.15) is 157 Å². The molecule has 0 unspecified atom stereocenters. The van der Waals surface area contributed by atoms with Gasteiger partial charge in [-0.05, 0) is 133 Å². The molecule has 1 aromatic rings. The number of esters is 1. The van der Waals surface area contributed by atoms with E-state index in [2.05, 4.69) is 53.8 Å². The Labute approximate surface area is 351 Å². The third-order valence-corrected chi connectivity index (χ3v) is 18.3. The van der Waals surface area contributed by atoms with Crippen LogP contribution >= 0.6 is 11.6 Å². The molecule has 0 bridgehead atoms. The summed E-state index contributed by atoms with van der Waals surface area (Å²) in [5, 5.41) is 4.06. The van der Waals surface area contributed by atoms with E-state index >= 15 is 0 Å². The summed E-state index contributed by atoms with van der Waals surface area (Å²) in [4.78, 5) is 66.7. The van der Waals surface area contributed by atoms with Gasteiger partial charge in [0, 0.05) is 34.3 Å². The summed E-state index contributed by atoms with van der Waals surface area (Å²) in [5.74, 6) is 0.440. The van der Waals surface area contributed by atoms with E-state index in [-0.39, 0.29) is 87.9 Å². The van der Waals surface area contributed by atoms with Gasteiger partial charge in [-0.3, -0.25) is 24.0 Å². The second-order valence-corrected chi connectivity index (χ2v) is 22.8. The van der Waals surface area contributed by atoms with Gasteiger partial charge in [0.15, 0.2) is 11.6 Å². The summed E-state index contributed by atoms with van der Waals surface area (Å²) in [6.07, 6.45) is 7.94. The van der Waals surface area contributed by atoms with E-state index in [1.165, 1.54) is 5.57 Å². The first-order chi connectivity index (χ1) is 26.9. The van der Waals surface area contributed by atoms with Crippen molar-refractivity contribution in [3.8, 4) is 0 Å². The molecule has 1 aromatic carbocycles. The summed E-state index contributed by atoms with van der Waals surface area (Å²) in [6.45, 7) is 24.6. The molecular formula is C49H68ClNO7. The maximum absolute atomic E-state index is 14.4. The fourth-order valence-corrected chi connectivity index (χ4v) is 14.5. The van der Waals surface area contributed by atoms with Crippen LogP contribution < -0.4 is 5.32 Å². The highest BCUT2D eigenvalue weighted by molar-refractivity contribution is 6.30. The Bertz CT molecular complexity index is 1910. The van der Waals surface area contributed by atoms with Crippen LogP contribution in [0.5, 0.6) is 0 Å². The average molecular weight is 819 g/mol. The minimum absolute atomic E-state index is 0.00543. The largest absolute Gasteiger partial charge is 0.464 e. The molecule has 0 heterocycles. The van der Waals surface area contributed by atoms with E-state index in [1.54, 1.807) is 24.3 Å². The second-order valence-electron chi connectivity index (χ2n) is 22.3. The number of allylic oxidation sites excluding steroid dienone is 1. The van der Waals surface area contributed by atoms with E-state index in [0.29, 0.717) is 41.7 Å². The molecule has 5 fully saturated rings. The number of Topliss-reactive ketones (excluding diaryl/α,β-unsaturated/α-hetero) is 2. The van der Waals surface area contributed by atoms with Crippen LogP contribution in [0.3, 0.4) is 0 Å². The Hall–Kier alpha value is -3.00. The van der Waals surface area contributed by atoms with Crippen LogP contribution in [0.25, 0.3) is 0 Å². The summed E-state index contributed by atoms with van der Waals surface area (Å²) in [5.41, 5.74) is 0.193. The number of rotatable bonds is 10. The van der Waals surface area contributed by atoms with Gasteiger partial charge in [0.05, 0.1) is 16.9 Å². The number of benzene rings is 1. The molecule has 1 N–H and O–H groups in total. The van der Waals surface area contributed by atoms with Crippen LogP contribution in [-0.4, -0.2) is 47.7 Å². The summed E-state index contributed by atoms with van der Waals surface area (Å²) in [7, 11) is 0. The van der Waals surface area contributed by atoms with Crippen molar-refractivity contribution in [2.45, 2.75) is 165 Å². The number of carbonyl (C=O) groups is 5. The average Bonchev–Trinajstić information content (AvgIpc) is 3.43. The first-order valence-corrected chi connectivity index (χ1v) is 22.5. The normalized spacial score (nSPS) is 38.7. The molecule has 5 saturated carbocycles. The van der Waals surface area contributed by atoms with Crippen molar-refractivity contribution in [2.24, 2.45) is 62.1 Å². The first kappa shape index (κ1) is 43.1. The number of ketones is 2. The monoisotopic (exact) mass is 817 g/mol. The molecule has 58 heavy (non-hydrogen) atoms. The molecule has 6 aliphatic carbocycles. The lowest BCUT2D eigenvalue weighted by Crippen LogP contribution is -2.67. The highest BCUT2D eigenvalue weighted by Gasteiger charge is 2.70. The minimum atomic E-state index is -0.987. The van der Waals surface area contributed by atoms with Gasteiger partial charge in [0.2, 0.25) is 5.91 Å². The lowest BCUT2D eigenvalue weighted by Gasteiger charge is -2.72. The fraction of sp³-hybridized carbons (Fsp3) is 0.735. The molecule has 7 rings (SSSR count). The van der Waals surface area contributed by atoms with Gasteiger partial charge in [0.25, 0.3) is 6.47 Å². The molecule has 0 saturated heterocycles. The van der Waals surface area contributed by atoms with E-state index in [9.17, 15) is 24.0 Å². The van der Waals surface area contributed by atoms with Gasteiger partial charge in [-0.1, -0.05) is 87.8 Å². The molecule has 0 spiro atoms. The summed E-state index contributed by atoms with van der Waals surface area (Å²) in [6, 6.07) is 6.80. The Kier molecular flexibility index (Phi) is 10.6. The Balaban J connectivity index is 1.13. The Morgan fingerprint density at radius 3 is 2.16 bits per heavy atom. The van der Waals surface area contributed by atoms with Crippen LogP contribution in [0.15, 0.2) is 35.4 Å². The molecule has 0 radical (unpaired) electrons. The molecule has 0 aliphatic heterocycles.